The molecule has 2 spiro atoms. The number of carbonyl (C=O) groups excluding carboxylic acids is 2. The Morgan fingerprint density at radius 2 is 0.986 bits per heavy atom. The topological polar surface area (TPSA) is 176 Å². The lowest BCUT2D eigenvalue weighted by atomic mass is 9.76. The van der Waals surface area contributed by atoms with Gasteiger partial charge >= 0.3 is 0 Å². The highest BCUT2D eigenvalue weighted by Crippen LogP contribution is 2.49. The number of fused-ring (bicyclic) bond motifs is 6. The van der Waals surface area contributed by atoms with Crippen molar-refractivity contribution in [1.29, 1.82) is 0 Å². The Balaban J connectivity index is 0.000000147. The maximum atomic E-state index is 13.8. The molecule has 4 aliphatic heterocycles. The quantitative estimate of drug-likeness (QED) is 0.160. The first kappa shape index (κ1) is 45.8. The highest BCUT2D eigenvalue weighted by molar-refractivity contribution is 8.13. The largest absolute Gasteiger partial charge is 0.314 e. The summed E-state index contributed by atoms with van der Waals surface area (Å²) in [6, 6.07) is 40.0. The van der Waals surface area contributed by atoms with Crippen LogP contribution in [0.15, 0.2) is 159 Å². The number of rotatable bonds is 7. The van der Waals surface area contributed by atoms with E-state index in [2.05, 4.69) is 56.3 Å². The molecule has 4 aromatic carbocycles. The number of sulfonamides is 1. The van der Waals surface area contributed by atoms with Gasteiger partial charge in [-0.25, -0.2) is 16.8 Å². The van der Waals surface area contributed by atoms with Crippen molar-refractivity contribution in [3.8, 4) is 22.3 Å². The van der Waals surface area contributed by atoms with Crippen LogP contribution < -0.4 is 15.1 Å². The maximum Gasteiger partial charge on any atom is 0.240 e. The molecule has 0 aliphatic carbocycles. The van der Waals surface area contributed by atoms with Gasteiger partial charge in [0.05, 0.1) is 37.0 Å². The van der Waals surface area contributed by atoms with Crippen molar-refractivity contribution in [2.24, 2.45) is 0 Å². The van der Waals surface area contributed by atoms with Crippen LogP contribution in [-0.4, -0.2) is 91.6 Å². The first-order valence-electron chi connectivity index (χ1n) is 22.1. The lowest BCUT2D eigenvalue weighted by Gasteiger charge is -2.45. The van der Waals surface area contributed by atoms with E-state index in [-0.39, 0.29) is 31.4 Å². The molecule has 0 atom stereocenters. The summed E-state index contributed by atoms with van der Waals surface area (Å²) in [7, 11) is -2.05. The van der Waals surface area contributed by atoms with E-state index in [0.29, 0.717) is 19.6 Å². The second-order valence-corrected chi connectivity index (χ2v) is 22.6. The van der Waals surface area contributed by atoms with Crippen molar-refractivity contribution in [3.05, 3.63) is 181 Å². The van der Waals surface area contributed by atoms with Crippen molar-refractivity contribution >= 4 is 74.5 Å². The van der Waals surface area contributed by atoms with E-state index in [1.807, 2.05) is 121 Å². The summed E-state index contributed by atoms with van der Waals surface area (Å²) >= 11 is 0. The molecule has 69 heavy (non-hydrogen) atoms. The van der Waals surface area contributed by atoms with Crippen LogP contribution >= 0.6 is 10.7 Å². The number of benzene rings is 4. The van der Waals surface area contributed by atoms with Crippen molar-refractivity contribution in [2.75, 3.05) is 48.5 Å². The molecule has 0 saturated carbocycles. The Labute approximate surface area is 404 Å². The molecule has 12 rings (SSSR count). The highest BCUT2D eigenvalue weighted by atomic mass is 35.7. The van der Waals surface area contributed by atoms with Gasteiger partial charge in [0.15, 0.2) is 0 Å². The SMILES string of the molecule is CS(=O)(=O)Cl.CS(=O)(=O)N1CC2(C1)C(=O)N(Cc1ncc3ccccc3c1-c1cccnc1)c1ccccc12.O=C1N(Cc2ncc3ccccc3c2-c2cccnc2)c2ccccc2C12CNC2. The Kier molecular flexibility index (Phi) is 11.9. The van der Waals surface area contributed by atoms with E-state index < -0.39 is 29.9 Å². The highest BCUT2D eigenvalue weighted by Gasteiger charge is 2.60. The summed E-state index contributed by atoms with van der Waals surface area (Å²) < 4.78 is 44.3. The fraction of sp³-hybridized carbons (Fsp3) is 0.192. The van der Waals surface area contributed by atoms with Gasteiger partial charge in [0.2, 0.25) is 30.9 Å². The normalized spacial score (nSPS) is 16.6. The second kappa shape index (κ2) is 17.9. The van der Waals surface area contributed by atoms with Crippen LogP contribution in [0.25, 0.3) is 43.8 Å². The number of aromatic nitrogens is 4. The van der Waals surface area contributed by atoms with Crippen LogP contribution in [0.2, 0.25) is 0 Å². The van der Waals surface area contributed by atoms with Crippen LogP contribution in [0, 0.1) is 0 Å². The molecule has 0 unspecified atom stereocenters. The number of anilines is 2. The fourth-order valence-corrected chi connectivity index (χ4v) is 10.8. The minimum Gasteiger partial charge on any atom is -0.314 e. The van der Waals surface area contributed by atoms with E-state index in [9.17, 15) is 26.4 Å². The van der Waals surface area contributed by atoms with Crippen molar-refractivity contribution in [1.82, 2.24) is 29.6 Å². The summed E-state index contributed by atoms with van der Waals surface area (Å²) in [4.78, 5) is 49.2. The zero-order valence-corrected chi connectivity index (χ0v) is 39.9. The monoisotopic (exact) mass is 976 g/mol. The number of hydrogen-bond donors (Lipinski definition) is 1. The number of hydrogen-bond acceptors (Lipinski definition) is 11. The van der Waals surface area contributed by atoms with Gasteiger partial charge < -0.3 is 15.1 Å². The second-order valence-electron chi connectivity index (χ2n) is 17.6. The summed E-state index contributed by atoms with van der Waals surface area (Å²) in [5, 5.41) is 7.54. The van der Waals surface area contributed by atoms with E-state index in [1.165, 1.54) is 10.6 Å². The van der Waals surface area contributed by atoms with Crippen molar-refractivity contribution in [2.45, 2.75) is 23.9 Å². The molecule has 14 nitrogen and oxygen atoms in total. The Bertz CT molecular complexity index is 3530. The lowest BCUT2D eigenvalue weighted by molar-refractivity contribution is -0.127. The van der Waals surface area contributed by atoms with E-state index >= 15 is 0 Å². The third-order valence-corrected chi connectivity index (χ3v) is 14.4. The van der Waals surface area contributed by atoms with Gasteiger partial charge in [-0.15, -0.1) is 0 Å². The third kappa shape index (κ3) is 8.42. The Morgan fingerprint density at radius 3 is 1.41 bits per heavy atom. The number of halogens is 1. The minimum atomic E-state index is -3.36. The molecule has 0 bridgehead atoms. The van der Waals surface area contributed by atoms with Gasteiger partial charge in [-0.3, -0.25) is 29.5 Å². The summed E-state index contributed by atoms with van der Waals surface area (Å²) in [5.74, 6) is 0.0789. The number of pyridine rings is 4. The molecule has 2 saturated heterocycles. The van der Waals surface area contributed by atoms with Gasteiger partial charge in [-0.2, -0.15) is 4.31 Å². The van der Waals surface area contributed by atoms with Crippen molar-refractivity contribution in [3.63, 3.8) is 0 Å². The number of carbonyl (C=O) groups is 2. The predicted molar refractivity (Wildman–Crippen MR) is 269 cm³/mol. The molecular weight excluding hydrogens is 932 g/mol. The molecule has 1 N–H and O–H groups in total. The molecule has 2 amide bonds. The van der Waals surface area contributed by atoms with E-state index in [4.69, 9.17) is 9.97 Å². The molecule has 17 heteroatoms. The van der Waals surface area contributed by atoms with Crippen LogP contribution in [0.1, 0.15) is 22.5 Å². The van der Waals surface area contributed by atoms with Crippen LogP contribution in [-0.2, 0) is 52.6 Å². The van der Waals surface area contributed by atoms with Crippen LogP contribution in [0.5, 0.6) is 0 Å². The molecule has 2 fully saturated rings. The van der Waals surface area contributed by atoms with E-state index in [1.54, 1.807) is 17.3 Å². The predicted octanol–water partition coefficient (Wildman–Crippen LogP) is 7.23. The van der Waals surface area contributed by atoms with Gasteiger partial charge in [0, 0.05) is 118 Å². The molecule has 4 aliphatic rings. The average molecular weight is 978 g/mol. The first-order chi connectivity index (χ1) is 33.2. The van der Waals surface area contributed by atoms with Gasteiger partial charge in [0.1, 0.15) is 10.8 Å². The lowest BCUT2D eigenvalue weighted by Crippen LogP contribution is -2.64. The van der Waals surface area contributed by atoms with Gasteiger partial charge in [0.25, 0.3) is 0 Å². The maximum absolute atomic E-state index is 13.8. The van der Waals surface area contributed by atoms with E-state index in [0.717, 1.165) is 83.9 Å². The smallest absolute Gasteiger partial charge is 0.240 e. The average Bonchev–Trinajstić information content (AvgIpc) is 3.72. The molecule has 8 aromatic rings. The molecule has 4 aromatic heterocycles. The standard InChI is InChI=1S/C26H22N4O3S.C25H20N4O.CH3ClO2S/c1-34(32,33)29-16-26(17-29)21-10-4-5-11-23(21)30(25(26)31)15-22-24(19-8-6-12-27-13-19)20-9-3-2-7-18(20)14-28-22;30-24-25(15-27-16-25)20-9-3-4-10-22(20)29(24)14-21-23(18-7-5-11-26-12-18)19-8-2-1-6-17(19)13-28-21;1-5(2,3)4/h2-14H,15-17H2,1H3;1-13,27H,14-16H2;1H3. The number of amides is 2. The van der Waals surface area contributed by atoms with Crippen LogP contribution in [0.4, 0.5) is 11.4 Å². The molecule has 0 radical (unpaired) electrons. The summed E-state index contributed by atoms with van der Waals surface area (Å²) in [6.45, 7) is 2.44. The minimum absolute atomic E-state index is 0.0827. The molecular formula is C52H45ClN8O6S2. The van der Waals surface area contributed by atoms with Gasteiger partial charge in [-0.05, 0) is 46.2 Å². The summed E-state index contributed by atoms with van der Waals surface area (Å²) in [6.07, 6.45) is 13.0. The Morgan fingerprint density at radius 1 is 0.565 bits per heavy atom. The number of nitrogens with zero attached hydrogens (tertiary/aromatic N) is 7. The first-order valence-corrected chi connectivity index (χ1v) is 26.7. The Hall–Kier alpha value is -6.95. The molecule has 8 heterocycles. The van der Waals surface area contributed by atoms with Crippen LogP contribution in [0.3, 0.4) is 0 Å². The third-order valence-electron chi connectivity index (χ3n) is 13.2. The van der Waals surface area contributed by atoms with Crippen molar-refractivity contribution < 1.29 is 26.4 Å². The van der Waals surface area contributed by atoms with Gasteiger partial charge in [-0.1, -0.05) is 97.1 Å². The zero-order valence-electron chi connectivity index (χ0n) is 37.5. The number of nitrogens with one attached hydrogen (secondary N) is 1. The number of para-hydroxylation sites is 2. The fourth-order valence-electron chi connectivity index (χ4n) is 9.93. The summed E-state index contributed by atoms with van der Waals surface area (Å²) in [5.41, 5.74) is 8.13. The zero-order chi connectivity index (χ0) is 48.1. The molecule has 348 valence electrons.